The van der Waals surface area contributed by atoms with E-state index in [0.717, 1.165) is 0 Å². The second-order valence-electron chi connectivity index (χ2n) is 8.60. The highest BCUT2D eigenvalue weighted by Gasteiger charge is 2.34. The van der Waals surface area contributed by atoms with E-state index in [1.165, 1.54) is 17.0 Å². The van der Waals surface area contributed by atoms with Crippen molar-refractivity contribution in [1.82, 2.24) is 4.90 Å². The molecule has 0 saturated heterocycles. The van der Waals surface area contributed by atoms with Crippen molar-refractivity contribution in [1.29, 1.82) is 0 Å². The van der Waals surface area contributed by atoms with Crippen LogP contribution in [0.5, 0.6) is 0 Å². The first-order valence-corrected chi connectivity index (χ1v) is 12.3. The molecular formula is C28H32NP. The van der Waals surface area contributed by atoms with E-state index in [0.29, 0.717) is 23.8 Å². The van der Waals surface area contributed by atoms with Gasteiger partial charge >= 0.3 is 0 Å². The Hall–Kier alpha value is -2.21. The minimum atomic E-state index is -0.540. The second kappa shape index (κ2) is 9.73. The van der Waals surface area contributed by atoms with Gasteiger partial charge in [0.2, 0.25) is 0 Å². The van der Waals surface area contributed by atoms with E-state index in [-0.39, 0.29) is 0 Å². The lowest BCUT2D eigenvalue weighted by Gasteiger charge is -2.36. The highest BCUT2D eigenvalue weighted by molar-refractivity contribution is 7.76. The van der Waals surface area contributed by atoms with E-state index in [1.807, 2.05) is 0 Å². The highest BCUT2D eigenvalue weighted by atomic mass is 31.1. The Morgan fingerprint density at radius 3 is 1.90 bits per heavy atom. The molecule has 2 aromatic rings. The molecule has 0 radical (unpaired) electrons. The summed E-state index contributed by atoms with van der Waals surface area (Å²) in [6.45, 7) is 2.40. The zero-order valence-electron chi connectivity index (χ0n) is 18.2. The largest absolute Gasteiger partial charge is 0.306 e. The number of hydrogen-bond acceptors (Lipinski definition) is 1. The number of hydrogen-bond donors (Lipinski definition) is 0. The summed E-state index contributed by atoms with van der Waals surface area (Å²) in [4.78, 5) is 2.44. The minimum absolute atomic E-state index is 0.448. The topological polar surface area (TPSA) is 3.24 Å². The molecule has 0 heterocycles. The van der Waals surface area contributed by atoms with Gasteiger partial charge in [-0.3, -0.25) is 0 Å². The molecule has 0 spiro atoms. The molecule has 0 saturated carbocycles. The molecule has 2 aliphatic rings. The van der Waals surface area contributed by atoms with Crippen molar-refractivity contribution >= 4 is 18.5 Å². The molecule has 0 N–H and O–H groups in total. The van der Waals surface area contributed by atoms with Crippen molar-refractivity contribution in [3.63, 3.8) is 0 Å². The van der Waals surface area contributed by atoms with Crippen molar-refractivity contribution in [3.8, 4) is 0 Å². The predicted molar refractivity (Wildman–Crippen MR) is 133 cm³/mol. The summed E-state index contributed by atoms with van der Waals surface area (Å²) in [6, 6.07) is 22.6. The number of allylic oxidation sites excluding steroid dienone is 6. The number of benzene rings is 2. The van der Waals surface area contributed by atoms with Crippen LogP contribution in [-0.2, 0) is 0 Å². The van der Waals surface area contributed by atoms with Gasteiger partial charge < -0.3 is 4.90 Å². The van der Waals surface area contributed by atoms with E-state index in [9.17, 15) is 0 Å². The van der Waals surface area contributed by atoms with Gasteiger partial charge in [-0.1, -0.05) is 110 Å². The van der Waals surface area contributed by atoms with Crippen molar-refractivity contribution in [3.05, 3.63) is 109 Å². The van der Waals surface area contributed by atoms with Crippen LogP contribution in [0.4, 0.5) is 0 Å². The lowest BCUT2D eigenvalue weighted by Crippen LogP contribution is -2.37. The van der Waals surface area contributed by atoms with Gasteiger partial charge in [-0.15, -0.1) is 0 Å². The molecule has 3 atom stereocenters. The Morgan fingerprint density at radius 1 is 0.800 bits per heavy atom. The van der Waals surface area contributed by atoms with E-state index in [2.05, 4.69) is 129 Å². The second-order valence-corrected chi connectivity index (χ2v) is 10.8. The van der Waals surface area contributed by atoms with Crippen LogP contribution >= 0.6 is 7.92 Å². The fraction of sp³-hybridized carbons (Fsp3) is 0.286. The fourth-order valence-electron chi connectivity index (χ4n) is 4.68. The normalized spacial score (nSPS) is 20.3. The summed E-state index contributed by atoms with van der Waals surface area (Å²) in [6.07, 6.45) is 17.4. The summed E-state index contributed by atoms with van der Waals surface area (Å²) >= 11 is 0. The van der Waals surface area contributed by atoms with Crippen LogP contribution in [-0.4, -0.2) is 25.0 Å². The van der Waals surface area contributed by atoms with E-state index < -0.39 is 7.92 Å². The molecule has 1 nitrogen and oxygen atoms in total. The molecule has 154 valence electrons. The zero-order chi connectivity index (χ0) is 20.9. The summed E-state index contributed by atoms with van der Waals surface area (Å²) in [7, 11) is 3.95. The van der Waals surface area contributed by atoms with Crippen LogP contribution in [0.15, 0.2) is 109 Å². The maximum absolute atomic E-state index is 2.44. The quantitative estimate of drug-likeness (QED) is 0.488. The van der Waals surface area contributed by atoms with Gasteiger partial charge in [-0.2, -0.15) is 0 Å². The maximum Gasteiger partial charge on any atom is 0.0196 e. The Balaban J connectivity index is 1.65. The molecule has 30 heavy (non-hydrogen) atoms. The summed E-state index contributed by atoms with van der Waals surface area (Å²) in [5.41, 5.74) is 0. The molecule has 0 aliphatic heterocycles. The van der Waals surface area contributed by atoms with Crippen LogP contribution in [0, 0.1) is 17.8 Å². The van der Waals surface area contributed by atoms with Gasteiger partial charge in [0.15, 0.2) is 0 Å². The van der Waals surface area contributed by atoms with Gasteiger partial charge in [0.25, 0.3) is 0 Å². The third kappa shape index (κ3) is 4.59. The zero-order valence-corrected chi connectivity index (χ0v) is 19.1. The van der Waals surface area contributed by atoms with E-state index in [1.54, 1.807) is 5.31 Å². The van der Waals surface area contributed by atoms with Gasteiger partial charge in [0, 0.05) is 12.0 Å². The van der Waals surface area contributed by atoms with Crippen molar-refractivity contribution in [2.24, 2.45) is 17.8 Å². The third-order valence-electron chi connectivity index (χ3n) is 6.34. The molecule has 2 aromatic carbocycles. The molecule has 0 bridgehead atoms. The SMILES string of the molecule is C[C@@H](C[C@@H](C1C=CC=C1P(c1ccccc1)c1ccccc1)N(C)C)C1C=CC=C1. The molecule has 0 amide bonds. The predicted octanol–water partition coefficient (Wildman–Crippen LogP) is 5.89. The molecule has 2 heteroatoms. The Kier molecular flexibility index (Phi) is 6.82. The van der Waals surface area contributed by atoms with Crippen molar-refractivity contribution in [2.45, 2.75) is 19.4 Å². The highest BCUT2D eigenvalue weighted by Crippen LogP contribution is 2.51. The van der Waals surface area contributed by atoms with Crippen LogP contribution in [0.3, 0.4) is 0 Å². The molecule has 0 fully saturated rings. The molecule has 4 rings (SSSR count). The smallest absolute Gasteiger partial charge is 0.0196 e. The first-order chi connectivity index (χ1) is 14.6. The summed E-state index contributed by atoms with van der Waals surface area (Å²) in [5, 5.41) is 4.45. The lowest BCUT2D eigenvalue weighted by molar-refractivity contribution is 0.212. The maximum atomic E-state index is 2.44. The third-order valence-corrected chi connectivity index (χ3v) is 8.93. The van der Waals surface area contributed by atoms with Gasteiger partial charge in [0.1, 0.15) is 0 Å². The number of rotatable bonds is 8. The fourth-order valence-corrected chi connectivity index (χ4v) is 7.31. The molecule has 0 aromatic heterocycles. The first kappa shape index (κ1) is 21.0. The Bertz CT molecular complexity index is 888. The average molecular weight is 414 g/mol. The van der Waals surface area contributed by atoms with Gasteiger partial charge in [-0.25, -0.2) is 0 Å². The number of nitrogens with zero attached hydrogens (tertiary/aromatic N) is 1. The monoisotopic (exact) mass is 413 g/mol. The Morgan fingerprint density at radius 2 is 1.37 bits per heavy atom. The van der Waals surface area contributed by atoms with Crippen LogP contribution in [0.1, 0.15) is 13.3 Å². The van der Waals surface area contributed by atoms with Crippen molar-refractivity contribution in [2.75, 3.05) is 14.1 Å². The Labute approximate surface area is 183 Å². The van der Waals surface area contributed by atoms with Crippen LogP contribution in [0.25, 0.3) is 0 Å². The first-order valence-electron chi connectivity index (χ1n) is 10.9. The van der Waals surface area contributed by atoms with Crippen LogP contribution in [0.2, 0.25) is 0 Å². The van der Waals surface area contributed by atoms with E-state index >= 15 is 0 Å². The summed E-state index contributed by atoms with van der Waals surface area (Å²) in [5.74, 6) is 1.64. The molecule has 1 unspecified atom stereocenters. The van der Waals surface area contributed by atoms with Crippen molar-refractivity contribution < 1.29 is 0 Å². The minimum Gasteiger partial charge on any atom is -0.306 e. The molecule has 2 aliphatic carbocycles. The lowest BCUT2D eigenvalue weighted by atomic mass is 9.84. The van der Waals surface area contributed by atoms with Gasteiger partial charge in [0.05, 0.1) is 0 Å². The van der Waals surface area contributed by atoms with E-state index in [4.69, 9.17) is 0 Å². The standard InChI is InChI=1S/C28H32NP/c1-22(23-13-10-11-14-23)21-27(29(2)3)26-19-12-20-28(26)30(24-15-6-4-7-16-24)25-17-8-5-9-18-25/h4-20,22-23,26-27H,21H2,1-3H3/t22-,26?,27-/m0/s1. The van der Waals surface area contributed by atoms with Crippen LogP contribution < -0.4 is 10.6 Å². The van der Waals surface area contributed by atoms with Gasteiger partial charge in [-0.05, 0) is 56.2 Å². The summed E-state index contributed by atoms with van der Waals surface area (Å²) < 4.78 is 0. The molecular weight excluding hydrogens is 381 g/mol. The average Bonchev–Trinajstić information content (AvgIpc) is 3.46.